The van der Waals surface area contributed by atoms with E-state index in [9.17, 15) is 4.79 Å². The van der Waals surface area contributed by atoms with E-state index in [1.807, 2.05) is 0 Å². The molecule has 0 aliphatic heterocycles. The molecule has 0 N–H and O–H groups in total. The number of rotatable bonds is 1. The molecule has 1 rings (SSSR count). The van der Waals surface area contributed by atoms with Gasteiger partial charge in [-0.05, 0) is 38.7 Å². The molecule has 1 aliphatic rings. The zero-order chi connectivity index (χ0) is 8.27. The maximum atomic E-state index is 11.0. The summed E-state index contributed by atoms with van der Waals surface area (Å²) in [5, 5.41) is 0. The average Bonchev–Trinajstić information content (AvgIpc) is 2.13. The number of carbonyl (C=O) groups excluding carboxylic acids is 1. The molecule has 0 spiro atoms. The first-order valence-electron chi connectivity index (χ1n) is 4.06. The van der Waals surface area contributed by atoms with Crippen molar-refractivity contribution < 1.29 is 4.79 Å². The van der Waals surface area contributed by atoms with Gasteiger partial charge in [0.15, 0.2) is 5.78 Å². The molecule has 0 saturated heterocycles. The van der Waals surface area contributed by atoms with Gasteiger partial charge in [0.1, 0.15) is 0 Å². The highest BCUT2D eigenvalue weighted by Crippen LogP contribution is 2.16. The van der Waals surface area contributed by atoms with E-state index in [-0.39, 0.29) is 5.78 Å². The van der Waals surface area contributed by atoms with Crippen LogP contribution >= 0.6 is 0 Å². The van der Waals surface area contributed by atoms with Crippen molar-refractivity contribution in [1.82, 2.24) is 0 Å². The van der Waals surface area contributed by atoms with Crippen molar-refractivity contribution in [2.75, 3.05) is 0 Å². The predicted molar refractivity (Wildman–Crippen MR) is 46.4 cm³/mol. The molecule has 0 aromatic rings. The van der Waals surface area contributed by atoms with Crippen molar-refractivity contribution in [2.24, 2.45) is 0 Å². The van der Waals surface area contributed by atoms with E-state index >= 15 is 0 Å². The van der Waals surface area contributed by atoms with Gasteiger partial charge in [-0.25, -0.2) is 0 Å². The van der Waals surface area contributed by atoms with Gasteiger partial charge in [-0.15, -0.1) is 0 Å². The van der Waals surface area contributed by atoms with Gasteiger partial charge < -0.3 is 0 Å². The molecule has 11 heavy (non-hydrogen) atoms. The fourth-order valence-corrected chi connectivity index (χ4v) is 1.23. The maximum Gasteiger partial charge on any atom is 0.155 e. The van der Waals surface area contributed by atoms with E-state index in [1.165, 1.54) is 5.57 Å². The van der Waals surface area contributed by atoms with Gasteiger partial charge in [0.2, 0.25) is 0 Å². The van der Waals surface area contributed by atoms with E-state index in [2.05, 4.69) is 19.1 Å². The Hall–Kier alpha value is -0.850. The third kappa shape index (κ3) is 2.34. The highest BCUT2D eigenvalue weighted by Gasteiger charge is 2.04. The van der Waals surface area contributed by atoms with Crippen LogP contribution in [0.3, 0.4) is 0 Å². The Morgan fingerprint density at radius 2 is 2.18 bits per heavy atom. The van der Waals surface area contributed by atoms with Crippen molar-refractivity contribution in [2.45, 2.75) is 33.1 Å². The minimum absolute atomic E-state index is 0.218. The average molecular weight is 150 g/mol. The van der Waals surface area contributed by atoms with Crippen LogP contribution in [0.15, 0.2) is 23.3 Å². The largest absolute Gasteiger partial charge is 0.295 e. The van der Waals surface area contributed by atoms with Gasteiger partial charge in [-0.1, -0.05) is 17.7 Å². The Kier molecular flexibility index (Phi) is 2.64. The van der Waals surface area contributed by atoms with Crippen LogP contribution in [0.25, 0.3) is 0 Å². The summed E-state index contributed by atoms with van der Waals surface area (Å²) in [5.41, 5.74) is 2.37. The Morgan fingerprint density at radius 1 is 1.45 bits per heavy atom. The first-order chi connectivity index (χ1) is 5.20. The first kappa shape index (κ1) is 8.25. The minimum Gasteiger partial charge on any atom is -0.295 e. The summed E-state index contributed by atoms with van der Waals surface area (Å²) >= 11 is 0. The summed E-state index contributed by atoms with van der Waals surface area (Å²) in [7, 11) is 0. The number of Topliss-reactive ketones (excluding diaryl/α,β-unsaturated/α-hetero) is 1. The lowest BCUT2D eigenvalue weighted by atomic mass is 10.1. The second-order valence-electron chi connectivity index (χ2n) is 3.08. The van der Waals surface area contributed by atoms with Gasteiger partial charge in [-0.2, -0.15) is 0 Å². The lowest BCUT2D eigenvalue weighted by Gasteiger charge is -1.94. The van der Waals surface area contributed by atoms with Crippen LogP contribution in [0.5, 0.6) is 0 Å². The van der Waals surface area contributed by atoms with E-state index in [4.69, 9.17) is 0 Å². The number of hydrogen-bond donors (Lipinski definition) is 0. The molecule has 0 aromatic heterocycles. The van der Waals surface area contributed by atoms with E-state index < -0.39 is 0 Å². The summed E-state index contributed by atoms with van der Waals surface area (Å²) in [6.07, 6.45) is 7.19. The van der Waals surface area contributed by atoms with Crippen LogP contribution in [-0.2, 0) is 4.79 Å². The minimum atomic E-state index is 0.218. The van der Waals surface area contributed by atoms with Gasteiger partial charge in [0.25, 0.3) is 0 Å². The molecule has 60 valence electrons. The molecule has 0 aromatic carbocycles. The van der Waals surface area contributed by atoms with Crippen molar-refractivity contribution in [3.8, 4) is 0 Å². The SMILES string of the molecule is CC(=O)C1=CCCC(C)=CC1. The number of carbonyl (C=O) groups is 1. The topological polar surface area (TPSA) is 17.1 Å². The molecular formula is C10H14O. The zero-order valence-electron chi connectivity index (χ0n) is 7.18. The standard InChI is InChI=1S/C10H14O/c1-8-4-3-5-10(7-6-8)9(2)11/h5-6H,3-4,7H2,1-2H3. The molecule has 0 bridgehead atoms. The third-order valence-electron chi connectivity index (χ3n) is 2.05. The molecule has 0 radical (unpaired) electrons. The molecule has 0 saturated carbocycles. The van der Waals surface area contributed by atoms with E-state index in [0.717, 1.165) is 24.8 Å². The van der Waals surface area contributed by atoms with E-state index in [1.54, 1.807) is 6.92 Å². The highest BCUT2D eigenvalue weighted by molar-refractivity contribution is 5.93. The fourth-order valence-electron chi connectivity index (χ4n) is 1.23. The second-order valence-corrected chi connectivity index (χ2v) is 3.08. The molecule has 0 atom stereocenters. The van der Waals surface area contributed by atoms with E-state index in [0.29, 0.717) is 0 Å². The normalized spacial score (nSPS) is 18.4. The monoisotopic (exact) mass is 150 g/mol. The highest BCUT2D eigenvalue weighted by atomic mass is 16.1. The third-order valence-corrected chi connectivity index (χ3v) is 2.05. The molecular weight excluding hydrogens is 136 g/mol. The maximum absolute atomic E-state index is 11.0. The lowest BCUT2D eigenvalue weighted by Crippen LogP contribution is -1.93. The molecule has 1 nitrogen and oxygen atoms in total. The molecule has 0 fully saturated rings. The summed E-state index contributed by atoms with van der Waals surface area (Å²) in [6.45, 7) is 3.76. The molecule has 1 heteroatoms. The summed E-state index contributed by atoms with van der Waals surface area (Å²) in [6, 6.07) is 0. The van der Waals surface area contributed by atoms with Crippen LogP contribution in [0.4, 0.5) is 0 Å². The Morgan fingerprint density at radius 3 is 2.82 bits per heavy atom. The van der Waals surface area contributed by atoms with Gasteiger partial charge in [0.05, 0.1) is 0 Å². The van der Waals surface area contributed by atoms with Crippen LogP contribution in [0, 0.1) is 0 Å². The Bertz CT molecular complexity index is 221. The number of ketones is 1. The van der Waals surface area contributed by atoms with Gasteiger partial charge in [0, 0.05) is 0 Å². The first-order valence-corrected chi connectivity index (χ1v) is 4.06. The molecule has 0 unspecified atom stereocenters. The smallest absolute Gasteiger partial charge is 0.155 e. The van der Waals surface area contributed by atoms with Crippen molar-refractivity contribution in [3.63, 3.8) is 0 Å². The lowest BCUT2D eigenvalue weighted by molar-refractivity contribution is -0.113. The van der Waals surface area contributed by atoms with Crippen LogP contribution in [0.2, 0.25) is 0 Å². The number of allylic oxidation sites excluding steroid dienone is 4. The van der Waals surface area contributed by atoms with Crippen LogP contribution in [0.1, 0.15) is 33.1 Å². The molecule has 1 aliphatic carbocycles. The number of hydrogen-bond acceptors (Lipinski definition) is 1. The predicted octanol–water partition coefficient (Wildman–Crippen LogP) is 2.63. The van der Waals surface area contributed by atoms with Crippen LogP contribution < -0.4 is 0 Å². The van der Waals surface area contributed by atoms with Crippen molar-refractivity contribution in [1.29, 1.82) is 0 Å². The fraction of sp³-hybridized carbons (Fsp3) is 0.500. The summed E-state index contributed by atoms with van der Waals surface area (Å²) in [4.78, 5) is 11.0. The second kappa shape index (κ2) is 3.51. The van der Waals surface area contributed by atoms with Gasteiger partial charge >= 0.3 is 0 Å². The zero-order valence-corrected chi connectivity index (χ0v) is 7.18. The van der Waals surface area contributed by atoms with Gasteiger partial charge in [-0.3, -0.25) is 4.79 Å². The van der Waals surface area contributed by atoms with Crippen LogP contribution in [-0.4, -0.2) is 5.78 Å². The molecule has 0 amide bonds. The quantitative estimate of drug-likeness (QED) is 0.525. The summed E-state index contributed by atoms with van der Waals surface area (Å²) in [5.74, 6) is 0.218. The molecule has 0 heterocycles. The van der Waals surface area contributed by atoms with Crippen molar-refractivity contribution in [3.05, 3.63) is 23.3 Å². The Balaban J connectivity index is 2.69. The van der Waals surface area contributed by atoms with Crippen molar-refractivity contribution >= 4 is 5.78 Å². The summed E-state index contributed by atoms with van der Waals surface area (Å²) < 4.78 is 0. The Labute approximate surface area is 67.8 Å².